The molecule has 4 rings (SSSR count). The molecule has 44 heavy (non-hydrogen) atoms. The van der Waals surface area contributed by atoms with Crippen LogP contribution in [0.15, 0.2) is 49.6 Å². The minimum atomic E-state index is -1.09. The summed E-state index contributed by atoms with van der Waals surface area (Å²) >= 11 is 0. The number of hydrogen-bond acceptors (Lipinski definition) is 6. The predicted octanol–water partition coefficient (Wildman–Crippen LogP) is 4.74. The third-order valence-electron chi connectivity index (χ3n) is 9.72. The van der Waals surface area contributed by atoms with Crippen LogP contribution in [0.2, 0.25) is 0 Å². The van der Waals surface area contributed by atoms with E-state index in [1.54, 1.807) is 26.9 Å². The topological polar surface area (TPSA) is 99.6 Å². The van der Waals surface area contributed by atoms with Crippen LogP contribution in [-0.2, 0) is 19.1 Å². The number of amides is 3. The summed E-state index contributed by atoms with van der Waals surface area (Å²) in [7, 11) is 0. The summed E-state index contributed by atoms with van der Waals surface area (Å²) < 4.78 is 12.6. The highest BCUT2D eigenvalue weighted by Crippen LogP contribution is 2.64. The van der Waals surface area contributed by atoms with E-state index in [2.05, 4.69) is 20.1 Å². The summed E-state index contributed by atoms with van der Waals surface area (Å²) in [6.07, 6.45) is 9.05. The average molecular weight is 610 g/mol. The summed E-state index contributed by atoms with van der Waals surface area (Å²) in [4.78, 5) is 48.8. The highest BCUT2D eigenvalue weighted by molar-refractivity contribution is 6.03. The fourth-order valence-corrected chi connectivity index (χ4v) is 7.69. The van der Waals surface area contributed by atoms with Gasteiger partial charge in [-0.05, 0) is 69.7 Å². The van der Waals surface area contributed by atoms with Crippen molar-refractivity contribution in [1.29, 1.82) is 0 Å². The Balaban J connectivity index is 1.76. The van der Waals surface area contributed by atoms with E-state index in [4.69, 9.17) is 9.47 Å². The van der Waals surface area contributed by atoms with Gasteiger partial charge in [0, 0.05) is 38.5 Å². The molecular weight excluding hydrogens is 558 g/mol. The second-order valence-electron chi connectivity index (χ2n) is 12.2. The number of hydrogen-bond donors (Lipinski definition) is 1. The molecule has 242 valence electrons. The van der Waals surface area contributed by atoms with E-state index in [-0.39, 0.29) is 30.9 Å². The molecule has 1 aromatic rings. The van der Waals surface area contributed by atoms with Gasteiger partial charge in [0.2, 0.25) is 17.7 Å². The Hall–Kier alpha value is -3.17. The van der Waals surface area contributed by atoms with E-state index in [1.165, 1.54) is 0 Å². The van der Waals surface area contributed by atoms with Gasteiger partial charge in [0.25, 0.3) is 0 Å². The molecule has 3 amide bonds. The van der Waals surface area contributed by atoms with Crippen molar-refractivity contribution < 1.29 is 29.0 Å². The number of aliphatic hydroxyl groups is 1. The maximum atomic E-state index is 14.7. The Kier molecular flexibility index (Phi) is 11.3. The number of nitrogens with zero attached hydrogens (tertiary/aromatic N) is 3. The molecule has 1 N–H and O–H groups in total. The number of rotatable bonds is 18. The zero-order chi connectivity index (χ0) is 31.9. The van der Waals surface area contributed by atoms with E-state index in [0.29, 0.717) is 69.8 Å². The molecule has 3 saturated heterocycles. The second-order valence-corrected chi connectivity index (χ2v) is 12.2. The quantitative estimate of drug-likeness (QED) is 0.191. The molecule has 1 spiro atoms. The minimum Gasteiger partial charge on any atom is -0.494 e. The molecule has 0 saturated carbocycles. The van der Waals surface area contributed by atoms with Gasteiger partial charge in [0.15, 0.2) is 0 Å². The van der Waals surface area contributed by atoms with Crippen LogP contribution in [0.3, 0.4) is 0 Å². The van der Waals surface area contributed by atoms with Crippen LogP contribution in [0.4, 0.5) is 5.69 Å². The van der Waals surface area contributed by atoms with Gasteiger partial charge in [0.05, 0.1) is 24.0 Å². The summed E-state index contributed by atoms with van der Waals surface area (Å²) in [5.41, 5.74) is -1.25. The lowest BCUT2D eigenvalue weighted by molar-refractivity contribution is -0.152. The molecule has 9 heteroatoms. The van der Waals surface area contributed by atoms with Gasteiger partial charge in [-0.15, -0.1) is 13.2 Å². The van der Waals surface area contributed by atoms with Crippen molar-refractivity contribution in [3.8, 4) is 5.75 Å². The molecule has 5 atom stereocenters. The van der Waals surface area contributed by atoms with Crippen molar-refractivity contribution in [2.24, 2.45) is 11.8 Å². The lowest BCUT2D eigenvalue weighted by Crippen LogP contribution is -2.56. The van der Waals surface area contributed by atoms with Crippen molar-refractivity contribution in [3.63, 3.8) is 0 Å². The Morgan fingerprint density at radius 1 is 1.05 bits per heavy atom. The number of aliphatic hydroxyl groups excluding tert-OH is 1. The van der Waals surface area contributed by atoms with Crippen LogP contribution >= 0.6 is 0 Å². The van der Waals surface area contributed by atoms with Crippen LogP contribution < -0.4 is 9.64 Å². The van der Waals surface area contributed by atoms with Gasteiger partial charge >= 0.3 is 0 Å². The van der Waals surface area contributed by atoms with Gasteiger partial charge in [-0.3, -0.25) is 14.4 Å². The van der Waals surface area contributed by atoms with Gasteiger partial charge in [0.1, 0.15) is 17.4 Å². The summed E-state index contributed by atoms with van der Waals surface area (Å²) in [6, 6.07) is 6.54. The molecule has 2 bridgehead atoms. The molecule has 1 aromatic carbocycles. The van der Waals surface area contributed by atoms with Crippen molar-refractivity contribution in [2.45, 2.75) is 89.4 Å². The lowest BCUT2D eigenvalue weighted by atomic mass is 9.64. The molecule has 3 aliphatic heterocycles. The Labute approximate surface area is 262 Å². The smallest absolute Gasteiger partial charge is 0.248 e. The zero-order valence-electron chi connectivity index (χ0n) is 26.8. The summed E-state index contributed by atoms with van der Waals surface area (Å²) in [5, 5.41) is 9.49. The highest BCUT2D eigenvalue weighted by atomic mass is 16.5. The summed E-state index contributed by atoms with van der Waals surface area (Å²) in [5.74, 6) is -1.34. The monoisotopic (exact) mass is 609 g/mol. The average Bonchev–Trinajstić information content (AvgIpc) is 3.63. The molecule has 2 unspecified atom stereocenters. The molecule has 3 aliphatic rings. The minimum absolute atomic E-state index is 0.00395. The normalized spacial score (nSPS) is 26.9. The number of benzene rings is 1. The fraction of sp³-hybridized carbons (Fsp3) is 0.629. The Morgan fingerprint density at radius 2 is 1.77 bits per heavy atom. The van der Waals surface area contributed by atoms with Crippen LogP contribution in [0.5, 0.6) is 5.75 Å². The molecule has 0 aromatic heterocycles. The van der Waals surface area contributed by atoms with E-state index in [1.807, 2.05) is 38.1 Å². The van der Waals surface area contributed by atoms with Crippen LogP contribution in [0.1, 0.15) is 72.1 Å². The molecule has 3 fully saturated rings. The largest absolute Gasteiger partial charge is 0.494 e. The zero-order valence-corrected chi connectivity index (χ0v) is 26.8. The number of anilines is 1. The first-order valence-electron chi connectivity index (χ1n) is 16.4. The second kappa shape index (κ2) is 14.7. The van der Waals surface area contributed by atoms with E-state index in [9.17, 15) is 19.5 Å². The third-order valence-corrected chi connectivity index (χ3v) is 9.72. The van der Waals surface area contributed by atoms with E-state index >= 15 is 0 Å². The Morgan fingerprint density at radius 3 is 2.39 bits per heavy atom. The van der Waals surface area contributed by atoms with Gasteiger partial charge < -0.3 is 29.3 Å². The van der Waals surface area contributed by atoms with E-state index < -0.39 is 29.1 Å². The van der Waals surface area contributed by atoms with Crippen molar-refractivity contribution in [2.75, 3.05) is 44.3 Å². The van der Waals surface area contributed by atoms with Crippen LogP contribution in [-0.4, -0.2) is 89.3 Å². The molecule has 0 aliphatic carbocycles. The van der Waals surface area contributed by atoms with Crippen molar-refractivity contribution in [3.05, 3.63) is 49.6 Å². The standard InChI is InChI=1S/C35H51N3O6/c1-6-11-12-23-36(21-7-2)33(42)30-35-20-19-34(9-4,44-35)28(29(35)32(41)38(30)24-13-14-25-39)31(40)37(22-8-3)26-15-17-27(18-16-26)43-10-5/h7-8,15-18,28-30,39H,2-3,6,9-14,19-25H2,1,4-5H3/t28-,29-,30?,34+,35?/m0/s1. The first-order chi connectivity index (χ1) is 21.3. The number of likely N-dealkylation sites (tertiary alicyclic amines) is 1. The lowest BCUT2D eigenvalue weighted by Gasteiger charge is -2.37. The predicted molar refractivity (Wildman–Crippen MR) is 171 cm³/mol. The molecule has 9 nitrogen and oxygen atoms in total. The van der Waals surface area contributed by atoms with E-state index in [0.717, 1.165) is 19.3 Å². The Bertz CT molecular complexity index is 1190. The van der Waals surface area contributed by atoms with Gasteiger partial charge in [-0.2, -0.15) is 0 Å². The maximum absolute atomic E-state index is 14.7. The van der Waals surface area contributed by atoms with Crippen molar-refractivity contribution in [1.82, 2.24) is 9.80 Å². The van der Waals surface area contributed by atoms with Gasteiger partial charge in [-0.25, -0.2) is 0 Å². The van der Waals surface area contributed by atoms with Crippen LogP contribution in [0.25, 0.3) is 0 Å². The van der Waals surface area contributed by atoms with Gasteiger partial charge in [-0.1, -0.05) is 38.8 Å². The first kappa shape index (κ1) is 33.7. The molecule has 3 heterocycles. The third kappa shape index (κ3) is 6.05. The summed E-state index contributed by atoms with van der Waals surface area (Å²) in [6.45, 7) is 15.9. The molecule has 0 radical (unpaired) electrons. The number of fused-ring (bicyclic) bond motifs is 1. The number of carbonyl (C=O) groups excluding carboxylic acids is 3. The maximum Gasteiger partial charge on any atom is 0.248 e. The fourth-order valence-electron chi connectivity index (χ4n) is 7.69. The molecular formula is C35H51N3O6. The highest BCUT2D eigenvalue weighted by Gasteiger charge is 2.79. The first-order valence-corrected chi connectivity index (χ1v) is 16.4. The number of carbonyl (C=O) groups is 3. The van der Waals surface area contributed by atoms with Crippen LogP contribution in [0, 0.1) is 11.8 Å². The number of unbranched alkanes of at least 4 members (excludes halogenated alkanes) is 3. The van der Waals surface area contributed by atoms with Crippen molar-refractivity contribution >= 4 is 23.4 Å². The number of ether oxygens (including phenoxy) is 2. The SMILES string of the molecule is C=CCN(CCCCC)C(=O)C1N(CCCCO)C(=O)[C@@H]2[C@@H](C(=O)N(CC=C)c3ccc(OCC)cc3)[C@@]3(CC)CCC12O3.